The van der Waals surface area contributed by atoms with Crippen LogP contribution in [0.25, 0.3) is 0 Å². The van der Waals surface area contributed by atoms with Crippen molar-refractivity contribution >= 4 is 16.0 Å². The fraction of sp³-hybridized carbons (Fsp3) is 0.600. The molecule has 0 spiro atoms. The second-order valence-electron chi connectivity index (χ2n) is 4.22. The molecule has 1 aromatic heterocycles. The van der Waals surface area contributed by atoms with Crippen LogP contribution in [0.5, 0.6) is 0 Å². The van der Waals surface area contributed by atoms with Gasteiger partial charge in [0.25, 0.3) is 0 Å². The van der Waals surface area contributed by atoms with E-state index in [1.807, 2.05) is 0 Å². The summed E-state index contributed by atoms with van der Waals surface area (Å²) in [6, 6.07) is -0.916. The molecule has 1 aromatic rings. The first-order valence-electron chi connectivity index (χ1n) is 5.36. The van der Waals surface area contributed by atoms with Crippen LogP contribution >= 0.6 is 0 Å². The molecule has 0 unspecified atom stereocenters. The third kappa shape index (κ3) is 3.30. The van der Waals surface area contributed by atoms with E-state index in [-0.39, 0.29) is 10.8 Å². The van der Waals surface area contributed by atoms with E-state index in [1.54, 1.807) is 20.9 Å². The van der Waals surface area contributed by atoms with E-state index in [2.05, 4.69) is 14.6 Å². The molecule has 0 aromatic carbocycles. The second-order valence-corrected chi connectivity index (χ2v) is 5.93. The Balaban J connectivity index is 2.97. The number of hydrogen-bond acceptors (Lipinski definition) is 5. The summed E-state index contributed by atoms with van der Waals surface area (Å²) in [4.78, 5) is 11.5. The van der Waals surface area contributed by atoms with Gasteiger partial charge < -0.3 is 4.74 Å². The highest BCUT2D eigenvalue weighted by molar-refractivity contribution is 7.89. The highest BCUT2D eigenvalue weighted by Gasteiger charge is 2.29. The molecule has 0 amide bonds. The van der Waals surface area contributed by atoms with E-state index >= 15 is 0 Å². The Kier molecular flexibility index (Phi) is 4.47. The Bertz CT molecular complexity index is 521. The minimum Gasteiger partial charge on any atom is -0.468 e. The molecule has 0 aliphatic carbocycles. The van der Waals surface area contributed by atoms with Crippen molar-refractivity contribution in [2.45, 2.75) is 24.8 Å². The lowest BCUT2D eigenvalue weighted by Crippen LogP contribution is -2.44. The van der Waals surface area contributed by atoms with Gasteiger partial charge in [-0.2, -0.15) is 9.82 Å². The monoisotopic (exact) mass is 275 g/mol. The van der Waals surface area contributed by atoms with Crippen LogP contribution in [-0.4, -0.2) is 37.3 Å². The number of nitrogens with one attached hydrogen (secondary N) is 1. The Labute approximate surface area is 106 Å². The first-order chi connectivity index (χ1) is 8.27. The summed E-state index contributed by atoms with van der Waals surface area (Å²) >= 11 is 0. The van der Waals surface area contributed by atoms with Crippen molar-refractivity contribution in [2.75, 3.05) is 7.11 Å². The summed E-state index contributed by atoms with van der Waals surface area (Å²) in [7, 11) is -0.944. The van der Waals surface area contributed by atoms with Crippen molar-refractivity contribution in [2.24, 2.45) is 13.0 Å². The van der Waals surface area contributed by atoms with Crippen LogP contribution in [0.2, 0.25) is 0 Å². The minimum atomic E-state index is -3.77. The average Bonchev–Trinajstić information content (AvgIpc) is 2.72. The number of carbonyl (C=O) groups is 1. The maximum atomic E-state index is 12.0. The SMILES string of the molecule is COC(=O)[C@@H](NS(=O)(=O)c1cnn(C)c1)C(C)C. The summed E-state index contributed by atoms with van der Waals surface area (Å²) in [6.45, 7) is 3.46. The molecule has 0 fully saturated rings. The molecular formula is C10H17N3O4S. The van der Waals surface area contributed by atoms with Crippen LogP contribution in [0.4, 0.5) is 0 Å². The Morgan fingerprint density at radius 2 is 2.11 bits per heavy atom. The first kappa shape index (κ1) is 14.7. The number of esters is 1. The zero-order valence-electron chi connectivity index (χ0n) is 10.7. The van der Waals surface area contributed by atoms with Gasteiger partial charge in [0.1, 0.15) is 10.9 Å². The third-order valence-electron chi connectivity index (χ3n) is 2.40. The molecule has 0 aliphatic rings. The van der Waals surface area contributed by atoms with Gasteiger partial charge in [-0.25, -0.2) is 8.42 Å². The molecule has 18 heavy (non-hydrogen) atoms. The van der Waals surface area contributed by atoms with Gasteiger partial charge in [-0.1, -0.05) is 13.8 Å². The molecule has 1 heterocycles. The number of rotatable bonds is 5. The largest absolute Gasteiger partial charge is 0.468 e. The zero-order valence-corrected chi connectivity index (χ0v) is 11.6. The highest BCUT2D eigenvalue weighted by atomic mass is 32.2. The average molecular weight is 275 g/mol. The normalized spacial score (nSPS) is 13.6. The molecular weight excluding hydrogens is 258 g/mol. The van der Waals surface area contributed by atoms with Crippen molar-refractivity contribution in [3.8, 4) is 0 Å². The Hall–Kier alpha value is -1.41. The topological polar surface area (TPSA) is 90.3 Å². The van der Waals surface area contributed by atoms with Crippen molar-refractivity contribution in [3.63, 3.8) is 0 Å². The number of ether oxygens (including phenoxy) is 1. The molecule has 1 rings (SSSR count). The molecule has 0 aliphatic heterocycles. The van der Waals surface area contributed by atoms with E-state index in [9.17, 15) is 13.2 Å². The summed E-state index contributed by atoms with van der Waals surface area (Å²) in [5.41, 5.74) is 0. The predicted molar refractivity (Wildman–Crippen MR) is 64.2 cm³/mol. The quantitative estimate of drug-likeness (QED) is 0.758. The third-order valence-corrected chi connectivity index (χ3v) is 3.79. The number of sulfonamides is 1. The van der Waals surface area contributed by atoms with Crippen LogP contribution in [-0.2, 0) is 26.6 Å². The van der Waals surface area contributed by atoms with Crippen LogP contribution in [0.15, 0.2) is 17.3 Å². The van der Waals surface area contributed by atoms with Crippen molar-refractivity contribution in [3.05, 3.63) is 12.4 Å². The lowest BCUT2D eigenvalue weighted by Gasteiger charge is -2.19. The minimum absolute atomic E-state index is 0.0135. The smallest absolute Gasteiger partial charge is 0.324 e. The van der Waals surface area contributed by atoms with E-state index in [0.717, 1.165) is 0 Å². The summed E-state index contributed by atoms with van der Waals surface area (Å²) in [5.74, 6) is -0.832. The van der Waals surface area contributed by atoms with E-state index in [1.165, 1.54) is 24.2 Å². The molecule has 0 saturated heterocycles. The van der Waals surface area contributed by atoms with E-state index in [0.29, 0.717) is 0 Å². The van der Waals surface area contributed by atoms with Crippen LogP contribution in [0.1, 0.15) is 13.8 Å². The fourth-order valence-corrected chi connectivity index (χ4v) is 2.67. The molecule has 7 nitrogen and oxygen atoms in total. The number of aryl methyl sites for hydroxylation is 1. The van der Waals surface area contributed by atoms with Crippen LogP contribution in [0, 0.1) is 5.92 Å². The van der Waals surface area contributed by atoms with Crippen molar-refractivity contribution in [1.29, 1.82) is 0 Å². The second kappa shape index (κ2) is 5.49. The Morgan fingerprint density at radius 1 is 1.50 bits per heavy atom. The van der Waals surface area contributed by atoms with Gasteiger partial charge in [-0.15, -0.1) is 0 Å². The van der Waals surface area contributed by atoms with Crippen molar-refractivity contribution in [1.82, 2.24) is 14.5 Å². The maximum absolute atomic E-state index is 12.0. The zero-order chi connectivity index (χ0) is 13.9. The highest BCUT2D eigenvalue weighted by Crippen LogP contribution is 2.11. The molecule has 1 atom stereocenters. The molecule has 0 radical (unpaired) electrons. The number of methoxy groups -OCH3 is 1. The summed E-state index contributed by atoms with van der Waals surface area (Å²) in [6.07, 6.45) is 2.58. The van der Waals surface area contributed by atoms with Gasteiger partial charge in [0.2, 0.25) is 10.0 Å². The lowest BCUT2D eigenvalue weighted by atomic mass is 10.1. The van der Waals surface area contributed by atoms with Gasteiger partial charge >= 0.3 is 5.97 Å². The fourth-order valence-electron chi connectivity index (χ4n) is 1.36. The van der Waals surface area contributed by atoms with Gasteiger partial charge in [0, 0.05) is 13.2 Å². The standard InChI is InChI=1S/C10H17N3O4S/c1-7(2)9(10(14)17-4)12-18(15,16)8-5-11-13(3)6-8/h5-7,9,12H,1-4H3/t9-/m0/s1. The van der Waals surface area contributed by atoms with Crippen LogP contribution < -0.4 is 4.72 Å². The summed E-state index contributed by atoms with van der Waals surface area (Å²) in [5, 5.41) is 3.78. The molecule has 0 bridgehead atoms. The van der Waals surface area contributed by atoms with Gasteiger partial charge in [-0.3, -0.25) is 9.48 Å². The molecule has 1 N–H and O–H groups in total. The number of aromatic nitrogens is 2. The first-order valence-corrected chi connectivity index (χ1v) is 6.85. The predicted octanol–water partition coefficient (Wildman–Crippen LogP) is -0.104. The number of nitrogens with zero attached hydrogens (tertiary/aromatic N) is 2. The van der Waals surface area contributed by atoms with Gasteiger partial charge in [-0.05, 0) is 5.92 Å². The van der Waals surface area contributed by atoms with Gasteiger partial charge in [0.05, 0.1) is 13.3 Å². The van der Waals surface area contributed by atoms with Crippen molar-refractivity contribution < 1.29 is 17.9 Å². The molecule has 8 heteroatoms. The molecule has 102 valence electrons. The number of hydrogen-bond donors (Lipinski definition) is 1. The van der Waals surface area contributed by atoms with E-state index < -0.39 is 22.0 Å². The van der Waals surface area contributed by atoms with Gasteiger partial charge in [0.15, 0.2) is 0 Å². The van der Waals surface area contributed by atoms with Crippen LogP contribution in [0.3, 0.4) is 0 Å². The molecule has 0 saturated carbocycles. The Morgan fingerprint density at radius 3 is 2.50 bits per heavy atom. The summed E-state index contributed by atoms with van der Waals surface area (Å²) < 4.78 is 32.3. The number of carbonyl (C=O) groups excluding carboxylic acids is 1. The maximum Gasteiger partial charge on any atom is 0.324 e. The lowest BCUT2D eigenvalue weighted by molar-refractivity contribution is -0.143. The van der Waals surface area contributed by atoms with E-state index in [4.69, 9.17) is 0 Å².